The second-order valence-electron chi connectivity index (χ2n) is 8.49. The predicted molar refractivity (Wildman–Crippen MR) is 119 cm³/mol. The molecule has 10 heteroatoms. The number of halogens is 3. The lowest BCUT2D eigenvalue weighted by molar-refractivity contribution is -0.136. The Balaban J connectivity index is 1.77. The summed E-state index contributed by atoms with van der Waals surface area (Å²) in [6, 6.07) is 9.41. The number of hydrogen-bond donors (Lipinski definition) is 1. The van der Waals surface area contributed by atoms with Crippen LogP contribution in [0.1, 0.15) is 48.2 Å². The molecule has 4 rings (SSSR count). The minimum atomic E-state index is -4.61. The van der Waals surface area contributed by atoms with Crippen LogP contribution in [-0.4, -0.2) is 30.4 Å². The van der Waals surface area contributed by atoms with E-state index < -0.39 is 27.5 Å². The van der Waals surface area contributed by atoms with Gasteiger partial charge in [-0.1, -0.05) is 37.5 Å². The van der Waals surface area contributed by atoms with Gasteiger partial charge in [-0.05, 0) is 43.0 Å². The molecule has 0 aliphatic heterocycles. The molecule has 176 valence electrons. The van der Waals surface area contributed by atoms with Gasteiger partial charge in [-0.2, -0.15) is 18.3 Å². The molecule has 0 atom stereocenters. The number of fused-ring (bicyclic) bond motifs is 1. The number of carbonyl (C=O) groups is 1. The number of benzene rings is 2. The van der Waals surface area contributed by atoms with Crippen LogP contribution >= 0.6 is 0 Å². The number of nitrogens with one attached hydrogen (secondary N) is 1. The highest BCUT2D eigenvalue weighted by Crippen LogP contribution is 2.36. The van der Waals surface area contributed by atoms with Crippen molar-refractivity contribution in [2.45, 2.75) is 49.7 Å². The van der Waals surface area contributed by atoms with E-state index in [2.05, 4.69) is 10.4 Å². The summed E-state index contributed by atoms with van der Waals surface area (Å²) in [7, 11) is -3.49. The van der Waals surface area contributed by atoms with Crippen molar-refractivity contribution >= 4 is 32.3 Å². The summed E-state index contributed by atoms with van der Waals surface area (Å²) in [6.45, 7) is 0.345. The molecule has 1 N–H and O–H groups in total. The summed E-state index contributed by atoms with van der Waals surface area (Å²) < 4.78 is 65.9. The molecule has 1 saturated carbocycles. The highest BCUT2D eigenvalue weighted by molar-refractivity contribution is 7.90. The quantitative estimate of drug-likeness (QED) is 0.539. The van der Waals surface area contributed by atoms with Gasteiger partial charge in [-0.15, -0.1) is 0 Å². The van der Waals surface area contributed by atoms with Gasteiger partial charge in [0.15, 0.2) is 9.84 Å². The third kappa shape index (κ3) is 5.05. The van der Waals surface area contributed by atoms with Gasteiger partial charge in [-0.25, -0.2) is 8.42 Å². The van der Waals surface area contributed by atoms with Crippen molar-refractivity contribution in [2.24, 2.45) is 5.92 Å². The van der Waals surface area contributed by atoms with E-state index in [1.165, 1.54) is 41.1 Å². The summed E-state index contributed by atoms with van der Waals surface area (Å²) in [6.07, 6.45) is 1.51. The first-order valence-corrected chi connectivity index (χ1v) is 12.6. The monoisotopic (exact) mass is 479 g/mol. The number of carbonyl (C=O) groups excluding carboxylic acids is 1. The largest absolute Gasteiger partial charge is 0.418 e. The summed E-state index contributed by atoms with van der Waals surface area (Å²) in [5.41, 5.74) is -0.897. The second-order valence-corrected chi connectivity index (χ2v) is 10.5. The lowest BCUT2D eigenvalue weighted by Crippen LogP contribution is -2.22. The molecule has 0 radical (unpaired) electrons. The Kier molecular flexibility index (Phi) is 6.22. The molecule has 6 nitrogen and oxygen atoms in total. The highest BCUT2D eigenvalue weighted by Gasteiger charge is 2.35. The van der Waals surface area contributed by atoms with Crippen molar-refractivity contribution in [2.75, 3.05) is 11.6 Å². The molecule has 0 saturated heterocycles. The van der Waals surface area contributed by atoms with E-state index in [0.717, 1.165) is 44.4 Å². The minimum Gasteiger partial charge on any atom is -0.321 e. The number of alkyl halides is 3. The Hall–Kier alpha value is -2.88. The standard InChI is InChI=1S/C23H24F3N3O3S/c1-33(31,32)17-10-5-9-16(13-17)27-22(30)21-18-11-6-12-19(23(24,25)26)20(18)28-29(21)14-15-7-3-2-4-8-15/h5-6,9-13,15H,2-4,7-8,14H2,1H3,(H,27,30). The third-order valence-corrected chi connectivity index (χ3v) is 7.08. The third-order valence-electron chi connectivity index (χ3n) is 5.97. The van der Waals surface area contributed by atoms with E-state index >= 15 is 0 Å². The van der Waals surface area contributed by atoms with Gasteiger partial charge in [0.2, 0.25) is 0 Å². The lowest BCUT2D eigenvalue weighted by atomic mass is 9.89. The molecule has 33 heavy (non-hydrogen) atoms. The fourth-order valence-corrected chi connectivity index (χ4v) is 5.03. The van der Waals surface area contributed by atoms with Crippen LogP contribution in [0, 0.1) is 5.92 Å². The van der Waals surface area contributed by atoms with Gasteiger partial charge in [-0.3, -0.25) is 9.48 Å². The number of hydrogen-bond acceptors (Lipinski definition) is 4. The molecule has 0 unspecified atom stereocenters. The molecule has 0 bridgehead atoms. The van der Waals surface area contributed by atoms with Gasteiger partial charge < -0.3 is 5.32 Å². The average Bonchev–Trinajstić information content (AvgIpc) is 3.11. The van der Waals surface area contributed by atoms with E-state index in [0.29, 0.717) is 6.54 Å². The average molecular weight is 480 g/mol. The van der Waals surface area contributed by atoms with Crippen LogP contribution in [0.5, 0.6) is 0 Å². The first-order chi connectivity index (χ1) is 15.5. The van der Waals surface area contributed by atoms with E-state index in [1.807, 2.05) is 0 Å². The number of amides is 1. The Morgan fingerprint density at radius 1 is 1.12 bits per heavy atom. The molecule has 1 fully saturated rings. The Morgan fingerprint density at radius 3 is 2.48 bits per heavy atom. The molecule has 1 aromatic heterocycles. The first kappa shape index (κ1) is 23.3. The zero-order valence-electron chi connectivity index (χ0n) is 18.0. The first-order valence-electron chi connectivity index (χ1n) is 10.7. The van der Waals surface area contributed by atoms with Gasteiger partial charge in [0.25, 0.3) is 5.91 Å². The van der Waals surface area contributed by atoms with E-state index in [4.69, 9.17) is 0 Å². The minimum absolute atomic E-state index is 0.0280. The summed E-state index contributed by atoms with van der Waals surface area (Å²) >= 11 is 0. The van der Waals surface area contributed by atoms with Gasteiger partial charge >= 0.3 is 6.18 Å². The number of nitrogens with zero attached hydrogens (tertiary/aromatic N) is 2. The van der Waals surface area contributed by atoms with Crippen LogP contribution in [0.4, 0.5) is 18.9 Å². The molecule has 1 heterocycles. The Labute approximate surface area is 189 Å². The molecular weight excluding hydrogens is 455 g/mol. The number of aromatic nitrogens is 2. The SMILES string of the molecule is CS(=O)(=O)c1cccc(NC(=O)c2c3cccc(C(F)(F)F)c3nn2CC2CCCCC2)c1. The van der Waals surface area contributed by atoms with Crippen LogP contribution in [-0.2, 0) is 22.6 Å². The molecule has 1 amide bonds. The van der Waals surface area contributed by atoms with Gasteiger partial charge in [0.05, 0.1) is 10.5 Å². The number of sulfone groups is 1. The maximum atomic E-state index is 13.6. The van der Waals surface area contributed by atoms with E-state index in [1.54, 1.807) is 0 Å². The zero-order valence-corrected chi connectivity index (χ0v) is 18.8. The molecule has 1 aliphatic rings. The lowest BCUT2D eigenvalue weighted by Gasteiger charge is -2.22. The molecule has 0 spiro atoms. The smallest absolute Gasteiger partial charge is 0.321 e. The van der Waals surface area contributed by atoms with Crippen LogP contribution in [0.2, 0.25) is 0 Å². The summed E-state index contributed by atoms with van der Waals surface area (Å²) in [5, 5.41) is 6.98. The van der Waals surface area contributed by atoms with Crippen molar-refractivity contribution < 1.29 is 26.4 Å². The molecule has 3 aromatic rings. The van der Waals surface area contributed by atoms with Crippen LogP contribution < -0.4 is 5.32 Å². The normalized spacial score (nSPS) is 15.6. The topological polar surface area (TPSA) is 81.1 Å². The molecule has 1 aliphatic carbocycles. The van der Waals surface area contributed by atoms with Crippen molar-refractivity contribution in [1.82, 2.24) is 9.78 Å². The predicted octanol–water partition coefficient (Wildman–Crippen LogP) is 5.29. The highest BCUT2D eigenvalue weighted by atomic mass is 32.2. The van der Waals surface area contributed by atoms with Crippen LogP contribution in [0.15, 0.2) is 47.4 Å². The van der Waals surface area contributed by atoms with Crippen molar-refractivity contribution in [3.8, 4) is 0 Å². The van der Waals surface area contributed by atoms with Crippen molar-refractivity contribution in [1.29, 1.82) is 0 Å². The van der Waals surface area contributed by atoms with Crippen LogP contribution in [0.25, 0.3) is 10.9 Å². The maximum absolute atomic E-state index is 13.6. The second kappa shape index (κ2) is 8.81. The number of rotatable bonds is 5. The van der Waals surface area contributed by atoms with Gasteiger partial charge in [0, 0.05) is 23.9 Å². The van der Waals surface area contributed by atoms with Crippen LogP contribution in [0.3, 0.4) is 0 Å². The Bertz CT molecular complexity index is 1290. The maximum Gasteiger partial charge on any atom is 0.418 e. The fraction of sp³-hybridized carbons (Fsp3) is 0.391. The molecule has 2 aromatic carbocycles. The van der Waals surface area contributed by atoms with Gasteiger partial charge in [0.1, 0.15) is 11.2 Å². The summed E-state index contributed by atoms with van der Waals surface area (Å²) in [4.78, 5) is 13.3. The van der Waals surface area contributed by atoms with E-state index in [9.17, 15) is 26.4 Å². The molecular formula is C23H24F3N3O3S. The summed E-state index contributed by atoms with van der Waals surface area (Å²) in [5.74, 6) is -0.416. The zero-order chi connectivity index (χ0) is 23.8. The Morgan fingerprint density at radius 2 is 1.82 bits per heavy atom. The fourth-order valence-electron chi connectivity index (χ4n) is 4.36. The van der Waals surface area contributed by atoms with Crippen molar-refractivity contribution in [3.63, 3.8) is 0 Å². The van der Waals surface area contributed by atoms with Crippen molar-refractivity contribution in [3.05, 3.63) is 53.7 Å². The number of anilines is 1. The van der Waals surface area contributed by atoms with E-state index in [-0.39, 0.29) is 33.1 Å².